The number of amides is 2. The van der Waals surface area contributed by atoms with Gasteiger partial charge in [-0.15, -0.1) is 0 Å². The molecule has 2 heterocycles. The second-order valence-electron chi connectivity index (χ2n) is 5.91. The first kappa shape index (κ1) is 18.4. The Kier molecular flexibility index (Phi) is 4.12. The summed E-state index contributed by atoms with van der Waals surface area (Å²) in [7, 11) is -8.90. The summed E-state index contributed by atoms with van der Waals surface area (Å²) in [5.74, 6) is -4.10. The molecular formula is C13H14N2O9S2. The number of nitrogens with zero attached hydrogens (tertiary/aromatic N) is 2. The van der Waals surface area contributed by atoms with E-state index in [-0.39, 0.29) is 17.3 Å². The quantitative estimate of drug-likeness (QED) is 0.305. The summed E-state index contributed by atoms with van der Waals surface area (Å²) < 4.78 is 56.1. The molecule has 0 aromatic heterocycles. The number of benzene rings is 1. The highest BCUT2D eigenvalue weighted by Crippen LogP contribution is 2.36. The first-order valence-corrected chi connectivity index (χ1v) is 10.3. The predicted molar refractivity (Wildman–Crippen MR) is 84.1 cm³/mol. The van der Waals surface area contributed by atoms with Gasteiger partial charge in [0.05, 0.1) is 10.9 Å². The number of phenols is 2. The molecule has 0 spiro atoms. The number of phenolic OH excluding ortho intramolecular Hbond substituents is 2. The summed E-state index contributed by atoms with van der Waals surface area (Å²) >= 11 is 0. The number of β-lactam (4-membered cyclic amide) rings is 1. The van der Waals surface area contributed by atoms with Crippen LogP contribution in [-0.4, -0.2) is 77.0 Å². The minimum atomic E-state index is -4.73. The number of carbonyl (C=O) groups is 2. The van der Waals surface area contributed by atoms with Crippen LogP contribution in [0.25, 0.3) is 0 Å². The fraction of sp³-hybridized carbons (Fsp3) is 0.385. The van der Waals surface area contributed by atoms with E-state index in [1.165, 1.54) is 0 Å². The summed E-state index contributed by atoms with van der Waals surface area (Å²) in [6, 6.07) is 0.714. The average Bonchev–Trinajstić information content (AvgIpc) is 2.86. The van der Waals surface area contributed by atoms with Gasteiger partial charge in [0, 0.05) is 12.6 Å². The van der Waals surface area contributed by atoms with Crippen LogP contribution in [0.4, 0.5) is 0 Å². The van der Waals surface area contributed by atoms with Crippen LogP contribution in [0.3, 0.4) is 0 Å². The molecule has 3 N–H and O–H groups in total. The summed E-state index contributed by atoms with van der Waals surface area (Å²) in [6.45, 7) is -0.0394. The molecule has 0 bridgehead atoms. The van der Waals surface area contributed by atoms with Gasteiger partial charge >= 0.3 is 10.3 Å². The number of carbonyl (C=O) groups excluding carboxylic acids is 2. The second kappa shape index (κ2) is 5.82. The predicted octanol–water partition coefficient (Wildman–Crippen LogP) is -1.51. The van der Waals surface area contributed by atoms with Gasteiger partial charge in [0.1, 0.15) is 11.8 Å². The Hall–Kier alpha value is -2.38. The molecule has 2 atom stereocenters. The van der Waals surface area contributed by atoms with Crippen molar-refractivity contribution in [1.29, 1.82) is 0 Å². The van der Waals surface area contributed by atoms with E-state index in [0.717, 1.165) is 23.1 Å². The standard InChI is InChI=1S/C13H14N2O9S2/c16-9-2-1-7(5-10(9)17)25(20,21)6-11(18)14-4-3-8-12(14)13(19)15(8)26(22,23)24/h1-2,5,8,12,16-17H,3-4,6H2,(H,22,23,24). The monoisotopic (exact) mass is 406 g/mol. The molecule has 11 nitrogen and oxygen atoms in total. The third-order valence-corrected chi connectivity index (χ3v) is 6.87. The summed E-state index contributed by atoms with van der Waals surface area (Å²) in [6.07, 6.45) is 0.0853. The fourth-order valence-corrected chi connectivity index (χ4v) is 5.24. The third kappa shape index (κ3) is 2.87. The molecule has 0 aliphatic carbocycles. The fourth-order valence-electron chi connectivity index (χ4n) is 3.12. The van der Waals surface area contributed by atoms with Crippen LogP contribution < -0.4 is 0 Å². The average molecular weight is 406 g/mol. The van der Waals surface area contributed by atoms with E-state index in [4.69, 9.17) is 4.55 Å². The minimum Gasteiger partial charge on any atom is -0.504 e. The zero-order valence-corrected chi connectivity index (χ0v) is 14.6. The Bertz CT molecular complexity index is 1000. The number of sulfone groups is 1. The number of aromatic hydroxyl groups is 2. The van der Waals surface area contributed by atoms with Crippen molar-refractivity contribution < 1.29 is 41.2 Å². The normalized spacial score (nSPS) is 22.9. The number of rotatable bonds is 4. The van der Waals surface area contributed by atoms with Crippen molar-refractivity contribution >= 4 is 32.0 Å². The van der Waals surface area contributed by atoms with Gasteiger partial charge in [0.15, 0.2) is 21.3 Å². The van der Waals surface area contributed by atoms with E-state index >= 15 is 0 Å². The van der Waals surface area contributed by atoms with Gasteiger partial charge in [-0.05, 0) is 18.6 Å². The molecule has 2 aliphatic rings. The molecule has 2 unspecified atom stereocenters. The molecular weight excluding hydrogens is 392 g/mol. The molecule has 0 saturated carbocycles. The summed E-state index contributed by atoms with van der Waals surface area (Å²) in [5.41, 5.74) is 0. The van der Waals surface area contributed by atoms with Crippen LogP contribution in [0.15, 0.2) is 23.1 Å². The smallest absolute Gasteiger partial charge is 0.362 e. The van der Waals surface area contributed by atoms with Gasteiger partial charge in [-0.1, -0.05) is 0 Å². The first-order valence-electron chi connectivity index (χ1n) is 7.28. The van der Waals surface area contributed by atoms with E-state index in [0.29, 0.717) is 0 Å². The lowest BCUT2D eigenvalue weighted by atomic mass is 10.0. The SMILES string of the molecule is O=C(CS(=O)(=O)c1ccc(O)c(O)c1)N1CCC2C1C(=O)N2S(=O)(=O)O. The molecule has 13 heteroatoms. The van der Waals surface area contributed by atoms with Crippen LogP contribution in [-0.2, 0) is 29.7 Å². The Morgan fingerprint density at radius 2 is 1.81 bits per heavy atom. The van der Waals surface area contributed by atoms with Crippen LogP contribution in [0.2, 0.25) is 0 Å². The van der Waals surface area contributed by atoms with Crippen molar-refractivity contribution in [3.8, 4) is 11.5 Å². The number of likely N-dealkylation sites (tertiary alicyclic amines) is 1. The molecule has 0 radical (unpaired) electrons. The zero-order chi connectivity index (χ0) is 19.4. The number of fused-ring (bicyclic) bond motifs is 1. The molecule has 2 saturated heterocycles. The largest absolute Gasteiger partial charge is 0.504 e. The Morgan fingerprint density at radius 3 is 2.38 bits per heavy atom. The van der Waals surface area contributed by atoms with Gasteiger partial charge in [-0.2, -0.15) is 8.42 Å². The molecule has 2 amide bonds. The highest BCUT2D eigenvalue weighted by Gasteiger charge is 2.60. The van der Waals surface area contributed by atoms with Crippen molar-refractivity contribution in [2.45, 2.75) is 23.4 Å². The van der Waals surface area contributed by atoms with Crippen molar-refractivity contribution in [3.05, 3.63) is 18.2 Å². The molecule has 1 aromatic carbocycles. The Labute approximate surface area is 148 Å². The molecule has 3 rings (SSSR count). The van der Waals surface area contributed by atoms with E-state index in [9.17, 15) is 36.6 Å². The topological polar surface area (TPSA) is 170 Å². The first-order chi connectivity index (χ1) is 11.9. The van der Waals surface area contributed by atoms with Crippen LogP contribution in [0.5, 0.6) is 11.5 Å². The molecule has 2 aliphatic heterocycles. The van der Waals surface area contributed by atoms with Crippen molar-refractivity contribution in [2.75, 3.05) is 12.3 Å². The number of hydrogen-bond acceptors (Lipinski definition) is 8. The van der Waals surface area contributed by atoms with E-state index < -0.39 is 66.2 Å². The van der Waals surface area contributed by atoms with Gasteiger partial charge in [0.25, 0.3) is 5.91 Å². The van der Waals surface area contributed by atoms with Gasteiger partial charge in [-0.25, -0.2) is 12.7 Å². The van der Waals surface area contributed by atoms with Gasteiger partial charge < -0.3 is 15.1 Å². The second-order valence-corrected chi connectivity index (χ2v) is 9.19. The zero-order valence-electron chi connectivity index (χ0n) is 13.0. The van der Waals surface area contributed by atoms with Crippen LogP contribution in [0, 0.1) is 0 Å². The van der Waals surface area contributed by atoms with E-state index in [1.54, 1.807) is 0 Å². The Balaban J connectivity index is 1.77. The molecule has 142 valence electrons. The highest BCUT2D eigenvalue weighted by atomic mass is 32.2. The molecule has 26 heavy (non-hydrogen) atoms. The van der Waals surface area contributed by atoms with Gasteiger partial charge in [0.2, 0.25) is 5.91 Å². The summed E-state index contributed by atoms with van der Waals surface area (Å²) in [5, 5.41) is 18.6. The van der Waals surface area contributed by atoms with Crippen LogP contribution in [0.1, 0.15) is 6.42 Å². The lowest BCUT2D eigenvalue weighted by molar-refractivity contribution is -0.150. The minimum absolute atomic E-state index is 0.0394. The van der Waals surface area contributed by atoms with Gasteiger partial charge in [-0.3, -0.25) is 14.1 Å². The van der Waals surface area contributed by atoms with Crippen molar-refractivity contribution in [2.24, 2.45) is 0 Å². The lowest BCUT2D eigenvalue weighted by Crippen LogP contribution is -2.68. The molecule has 1 aromatic rings. The van der Waals surface area contributed by atoms with E-state index in [2.05, 4.69) is 0 Å². The van der Waals surface area contributed by atoms with E-state index in [1.807, 2.05) is 0 Å². The van der Waals surface area contributed by atoms with Crippen molar-refractivity contribution in [1.82, 2.24) is 9.21 Å². The summed E-state index contributed by atoms with van der Waals surface area (Å²) in [4.78, 5) is 24.8. The molecule has 2 fully saturated rings. The maximum Gasteiger partial charge on any atom is 0.362 e. The third-order valence-electron chi connectivity index (χ3n) is 4.33. The van der Waals surface area contributed by atoms with Crippen LogP contribution >= 0.6 is 0 Å². The lowest BCUT2D eigenvalue weighted by Gasteiger charge is -2.42. The Morgan fingerprint density at radius 1 is 1.15 bits per heavy atom. The maximum atomic E-state index is 12.3. The van der Waals surface area contributed by atoms with Crippen molar-refractivity contribution in [3.63, 3.8) is 0 Å². The maximum absolute atomic E-state index is 12.3. The highest BCUT2D eigenvalue weighted by molar-refractivity contribution is 7.92. The number of hydrogen-bond donors (Lipinski definition) is 3.